The van der Waals surface area contributed by atoms with Crippen LogP contribution in [0.3, 0.4) is 0 Å². The first-order chi connectivity index (χ1) is 9.54. The summed E-state index contributed by atoms with van der Waals surface area (Å²) in [6.07, 6.45) is 0. The SMILES string of the molecule is CCOCCN(C)C(=O)c1cc(OC)cc(OC)c1N. The predicted molar refractivity (Wildman–Crippen MR) is 77.4 cm³/mol. The summed E-state index contributed by atoms with van der Waals surface area (Å²) in [7, 11) is 4.73. The average molecular weight is 282 g/mol. The van der Waals surface area contributed by atoms with Gasteiger partial charge in [-0.2, -0.15) is 0 Å². The van der Waals surface area contributed by atoms with Crippen LogP contribution in [0.2, 0.25) is 0 Å². The lowest BCUT2D eigenvalue weighted by atomic mass is 10.1. The molecule has 0 fully saturated rings. The molecule has 112 valence electrons. The number of methoxy groups -OCH3 is 2. The molecule has 1 rings (SSSR count). The van der Waals surface area contributed by atoms with Crippen LogP contribution in [0, 0.1) is 0 Å². The van der Waals surface area contributed by atoms with E-state index in [1.165, 1.54) is 14.2 Å². The van der Waals surface area contributed by atoms with E-state index in [1.807, 2.05) is 6.92 Å². The average Bonchev–Trinajstić information content (AvgIpc) is 2.46. The molecule has 0 radical (unpaired) electrons. The van der Waals surface area contributed by atoms with E-state index in [0.29, 0.717) is 42.5 Å². The molecule has 6 heteroatoms. The minimum absolute atomic E-state index is 0.195. The van der Waals surface area contributed by atoms with E-state index >= 15 is 0 Å². The number of rotatable bonds is 7. The number of amides is 1. The molecule has 1 aromatic rings. The molecule has 0 atom stereocenters. The Morgan fingerprint density at radius 1 is 1.30 bits per heavy atom. The molecule has 2 N–H and O–H groups in total. The first-order valence-corrected chi connectivity index (χ1v) is 6.39. The number of ether oxygens (including phenoxy) is 3. The van der Waals surface area contributed by atoms with Gasteiger partial charge >= 0.3 is 0 Å². The predicted octanol–water partition coefficient (Wildman–Crippen LogP) is 1.39. The molecular weight excluding hydrogens is 260 g/mol. The fraction of sp³-hybridized carbons (Fsp3) is 0.500. The molecule has 0 bridgehead atoms. The monoisotopic (exact) mass is 282 g/mol. The second-order valence-corrected chi connectivity index (χ2v) is 4.21. The van der Waals surface area contributed by atoms with E-state index in [2.05, 4.69) is 0 Å². The highest BCUT2D eigenvalue weighted by Gasteiger charge is 2.19. The lowest BCUT2D eigenvalue weighted by Gasteiger charge is -2.19. The Kier molecular flexibility index (Phi) is 6.11. The maximum absolute atomic E-state index is 12.4. The fourth-order valence-corrected chi connectivity index (χ4v) is 1.72. The van der Waals surface area contributed by atoms with Crippen LogP contribution in [0.4, 0.5) is 5.69 Å². The van der Waals surface area contributed by atoms with Crippen molar-refractivity contribution < 1.29 is 19.0 Å². The molecule has 0 saturated heterocycles. The maximum atomic E-state index is 12.4. The van der Waals surface area contributed by atoms with E-state index in [1.54, 1.807) is 24.1 Å². The van der Waals surface area contributed by atoms with Crippen LogP contribution < -0.4 is 15.2 Å². The van der Waals surface area contributed by atoms with E-state index in [9.17, 15) is 4.79 Å². The number of nitrogens with two attached hydrogens (primary N) is 1. The van der Waals surface area contributed by atoms with Gasteiger partial charge in [-0.15, -0.1) is 0 Å². The van der Waals surface area contributed by atoms with Gasteiger partial charge in [-0.05, 0) is 13.0 Å². The lowest BCUT2D eigenvalue weighted by Crippen LogP contribution is -2.30. The van der Waals surface area contributed by atoms with Crippen molar-refractivity contribution in [1.29, 1.82) is 0 Å². The van der Waals surface area contributed by atoms with Crippen molar-refractivity contribution in [2.75, 3.05) is 46.8 Å². The van der Waals surface area contributed by atoms with Gasteiger partial charge < -0.3 is 24.8 Å². The van der Waals surface area contributed by atoms with Gasteiger partial charge in [0.1, 0.15) is 11.5 Å². The van der Waals surface area contributed by atoms with Gasteiger partial charge in [-0.1, -0.05) is 0 Å². The van der Waals surface area contributed by atoms with Gasteiger partial charge in [0, 0.05) is 26.3 Å². The summed E-state index contributed by atoms with van der Waals surface area (Å²) < 4.78 is 15.5. The number of nitrogens with zero attached hydrogens (tertiary/aromatic N) is 1. The third-order valence-corrected chi connectivity index (χ3v) is 2.92. The lowest BCUT2D eigenvalue weighted by molar-refractivity contribution is 0.0710. The standard InChI is InChI=1S/C14H22N2O4/c1-5-20-7-6-16(2)14(17)11-8-10(18-3)9-12(19-4)13(11)15/h8-9H,5-7,15H2,1-4H3. The molecule has 0 aliphatic heterocycles. The zero-order chi connectivity index (χ0) is 15.1. The molecule has 0 spiro atoms. The molecule has 0 saturated carbocycles. The Bertz CT molecular complexity index is 463. The van der Waals surface area contributed by atoms with E-state index < -0.39 is 0 Å². The minimum atomic E-state index is -0.195. The molecule has 20 heavy (non-hydrogen) atoms. The maximum Gasteiger partial charge on any atom is 0.256 e. The summed E-state index contributed by atoms with van der Waals surface area (Å²) in [6, 6.07) is 3.25. The fourth-order valence-electron chi connectivity index (χ4n) is 1.72. The first kappa shape index (κ1) is 16.1. The molecule has 6 nitrogen and oxygen atoms in total. The van der Waals surface area contributed by atoms with Gasteiger partial charge in [0.05, 0.1) is 32.1 Å². The number of hydrogen-bond donors (Lipinski definition) is 1. The Hall–Kier alpha value is -1.95. The smallest absolute Gasteiger partial charge is 0.256 e. The molecule has 1 amide bonds. The molecule has 0 aliphatic carbocycles. The molecular formula is C14H22N2O4. The number of likely N-dealkylation sites (N-methyl/N-ethyl adjacent to an activating group) is 1. The Labute approximate surface area is 119 Å². The van der Waals surface area contributed by atoms with Gasteiger partial charge in [-0.25, -0.2) is 0 Å². The van der Waals surface area contributed by atoms with Gasteiger partial charge in [0.25, 0.3) is 5.91 Å². The van der Waals surface area contributed by atoms with Crippen molar-refractivity contribution in [2.24, 2.45) is 0 Å². The number of nitrogen functional groups attached to an aromatic ring is 1. The Morgan fingerprint density at radius 3 is 2.55 bits per heavy atom. The highest BCUT2D eigenvalue weighted by Crippen LogP contribution is 2.31. The second kappa shape index (κ2) is 7.59. The molecule has 0 heterocycles. The zero-order valence-electron chi connectivity index (χ0n) is 12.4. The van der Waals surface area contributed by atoms with Crippen molar-refractivity contribution in [3.63, 3.8) is 0 Å². The van der Waals surface area contributed by atoms with Crippen molar-refractivity contribution >= 4 is 11.6 Å². The summed E-state index contributed by atoms with van der Waals surface area (Å²) in [4.78, 5) is 13.9. The number of carbonyl (C=O) groups is 1. The van der Waals surface area contributed by atoms with Gasteiger partial charge in [0.15, 0.2) is 0 Å². The summed E-state index contributed by atoms with van der Waals surface area (Å²) >= 11 is 0. The van der Waals surface area contributed by atoms with Crippen LogP contribution in [0.15, 0.2) is 12.1 Å². The number of benzene rings is 1. The van der Waals surface area contributed by atoms with Crippen LogP contribution in [-0.2, 0) is 4.74 Å². The van der Waals surface area contributed by atoms with Crippen LogP contribution in [0.1, 0.15) is 17.3 Å². The van der Waals surface area contributed by atoms with Crippen LogP contribution in [0.5, 0.6) is 11.5 Å². The number of hydrogen-bond acceptors (Lipinski definition) is 5. The Balaban J connectivity index is 2.96. The molecule has 1 aromatic carbocycles. The van der Waals surface area contributed by atoms with Gasteiger partial charge in [0.2, 0.25) is 0 Å². The van der Waals surface area contributed by atoms with Crippen LogP contribution in [0.25, 0.3) is 0 Å². The van der Waals surface area contributed by atoms with E-state index in [4.69, 9.17) is 19.9 Å². The summed E-state index contributed by atoms with van der Waals surface area (Å²) in [5, 5.41) is 0. The molecule has 0 aliphatic rings. The third-order valence-electron chi connectivity index (χ3n) is 2.92. The van der Waals surface area contributed by atoms with E-state index in [0.717, 1.165) is 0 Å². The molecule has 0 aromatic heterocycles. The largest absolute Gasteiger partial charge is 0.497 e. The second-order valence-electron chi connectivity index (χ2n) is 4.21. The topological polar surface area (TPSA) is 74.0 Å². The van der Waals surface area contributed by atoms with E-state index in [-0.39, 0.29) is 5.91 Å². The summed E-state index contributed by atoms with van der Waals surface area (Å²) in [6.45, 7) is 3.51. The van der Waals surface area contributed by atoms with Crippen LogP contribution in [-0.4, -0.2) is 51.8 Å². The van der Waals surface area contributed by atoms with Crippen LogP contribution >= 0.6 is 0 Å². The van der Waals surface area contributed by atoms with Crippen molar-refractivity contribution in [3.05, 3.63) is 17.7 Å². The zero-order valence-corrected chi connectivity index (χ0v) is 12.4. The van der Waals surface area contributed by atoms with Crippen molar-refractivity contribution in [1.82, 2.24) is 4.90 Å². The summed E-state index contributed by atoms with van der Waals surface area (Å²) in [5.41, 5.74) is 6.62. The van der Waals surface area contributed by atoms with Crippen molar-refractivity contribution in [3.8, 4) is 11.5 Å². The number of carbonyl (C=O) groups excluding carboxylic acids is 1. The summed E-state index contributed by atoms with van der Waals surface area (Å²) in [5.74, 6) is 0.753. The third kappa shape index (κ3) is 3.77. The minimum Gasteiger partial charge on any atom is -0.497 e. The van der Waals surface area contributed by atoms with Gasteiger partial charge in [-0.3, -0.25) is 4.79 Å². The van der Waals surface area contributed by atoms with Crippen molar-refractivity contribution in [2.45, 2.75) is 6.92 Å². The highest BCUT2D eigenvalue weighted by molar-refractivity contribution is 6.00. The number of anilines is 1. The first-order valence-electron chi connectivity index (χ1n) is 6.39. The highest BCUT2D eigenvalue weighted by atomic mass is 16.5. The molecule has 0 unspecified atom stereocenters. The normalized spacial score (nSPS) is 10.2. The quantitative estimate of drug-likeness (QED) is 0.604. The Morgan fingerprint density at radius 2 is 2.00 bits per heavy atom.